The van der Waals surface area contributed by atoms with Crippen LogP contribution in [-0.4, -0.2) is 24.0 Å². The molecule has 0 bridgehead atoms. The number of benzene rings is 3. The lowest BCUT2D eigenvalue weighted by Gasteiger charge is -2.35. The van der Waals surface area contributed by atoms with E-state index in [4.69, 9.17) is 0 Å². The minimum atomic E-state index is -0.226. The van der Waals surface area contributed by atoms with Crippen molar-refractivity contribution in [2.45, 2.75) is 39.3 Å². The van der Waals surface area contributed by atoms with Crippen molar-refractivity contribution in [2.75, 3.05) is 18.4 Å². The molecule has 2 nitrogen and oxygen atoms in total. The van der Waals surface area contributed by atoms with E-state index in [0.717, 1.165) is 30.8 Å². The average Bonchev–Trinajstić information content (AvgIpc) is 2.81. The van der Waals surface area contributed by atoms with Crippen LogP contribution in [0.25, 0.3) is 5.57 Å². The van der Waals surface area contributed by atoms with Crippen LogP contribution in [0.3, 0.4) is 0 Å². The standard InChI is InChI=1S/C29H33FN2/c1-21-8-4-7-11-29(21)31-23(3)26-16-18-32(19-17-26)20-24-12-14-25(15-13-24)22(2)27-9-5-6-10-28(27)30/h4-15,23,26,31H,2,16-20H2,1,3H3. The van der Waals surface area contributed by atoms with Crippen LogP contribution in [-0.2, 0) is 6.54 Å². The Bertz CT molecular complexity index is 1050. The van der Waals surface area contributed by atoms with E-state index >= 15 is 0 Å². The highest BCUT2D eigenvalue weighted by molar-refractivity contribution is 5.78. The number of piperidine rings is 1. The quantitative estimate of drug-likeness (QED) is 0.440. The first-order chi connectivity index (χ1) is 15.5. The van der Waals surface area contributed by atoms with E-state index in [0.29, 0.717) is 17.5 Å². The summed E-state index contributed by atoms with van der Waals surface area (Å²) in [5.41, 5.74) is 6.10. The number of rotatable bonds is 7. The Kier molecular flexibility index (Phi) is 7.06. The van der Waals surface area contributed by atoms with E-state index in [1.807, 2.05) is 6.07 Å². The van der Waals surface area contributed by atoms with Gasteiger partial charge < -0.3 is 5.32 Å². The van der Waals surface area contributed by atoms with Crippen LogP contribution in [0.5, 0.6) is 0 Å². The van der Waals surface area contributed by atoms with Gasteiger partial charge in [0.1, 0.15) is 5.82 Å². The normalized spacial score (nSPS) is 16.0. The summed E-state index contributed by atoms with van der Waals surface area (Å²) in [6, 6.07) is 24.2. The molecule has 0 radical (unpaired) electrons. The highest BCUT2D eigenvalue weighted by atomic mass is 19.1. The van der Waals surface area contributed by atoms with Gasteiger partial charge in [-0.15, -0.1) is 0 Å². The first-order valence-corrected chi connectivity index (χ1v) is 11.6. The zero-order chi connectivity index (χ0) is 22.5. The lowest BCUT2D eigenvalue weighted by Crippen LogP contribution is -2.39. The number of nitrogens with one attached hydrogen (secondary N) is 1. The van der Waals surface area contributed by atoms with Gasteiger partial charge in [-0.25, -0.2) is 4.39 Å². The van der Waals surface area contributed by atoms with Gasteiger partial charge in [0.2, 0.25) is 0 Å². The summed E-state index contributed by atoms with van der Waals surface area (Å²) in [7, 11) is 0. The monoisotopic (exact) mass is 428 g/mol. The van der Waals surface area contributed by atoms with Crippen LogP contribution in [0.15, 0.2) is 79.4 Å². The van der Waals surface area contributed by atoms with Gasteiger partial charge in [-0.3, -0.25) is 4.90 Å². The molecule has 32 heavy (non-hydrogen) atoms. The van der Waals surface area contributed by atoms with Crippen LogP contribution >= 0.6 is 0 Å². The summed E-state index contributed by atoms with van der Waals surface area (Å²) in [5.74, 6) is 0.466. The van der Waals surface area contributed by atoms with Gasteiger partial charge in [-0.05, 0) is 80.1 Å². The van der Waals surface area contributed by atoms with Crippen molar-refractivity contribution in [1.82, 2.24) is 4.90 Å². The SMILES string of the molecule is C=C(c1ccc(CN2CCC(C(C)Nc3ccccc3C)CC2)cc1)c1ccccc1F. The van der Waals surface area contributed by atoms with Gasteiger partial charge in [0.05, 0.1) is 0 Å². The van der Waals surface area contributed by atoms with Crippen molar-refractivity contribution in [3.05, 3.63) is 107 Å². The Balaban J connectivity index is 1.29. The number of hydrogen-bond acceptors (Lipinski definition) is 2. The highest BCUT2D eigenvalue weighted by Gasteiger charge is 2.24. The Labute approximate surface area is 191 Å². The largest absolute Gasteiger partial charge is 0.382 e. The van der Waals surface area contributed by atoms with Crippen molar-refractivity contribution < 1.29 is 4.39 Å². The molecule has 0 amide bonds. The number of nitrogens with zero attached hydrogens (tertiary/aromatic N) is 1. The molecule has 1 N–H and O–H groups in total. The molecule has 3 aromatic rings. The topological polar surface area (TPSA) is 15.3 Å². The lowest BCUT2D eigenvalue weighted by atomic mass is 9.89. The molecule has 0 aromatic heterocycles. The van der Waals surface area contributed by atoms with Gasteiger partial charge in [0, 0.05) is 23.8 Å². The number of halogens is 1. The third-order valence-corrected chi connectivity index (χ3v) is 6.78. The Morgan fingerprint density at radius 3 is 2.34 bits per heavy atom. The molecule has 166 valence electrons. The van der Waals surface area contributed by atoms with Crippen LogP contribution in [0.2, 0.25) is 0 Å². The molecule has 0 spiro atoms. The Hall–Kier alpha value is -2.91. The van der Waals surface area contributed by atoms with Crippen molar-refractivity contribution in [3.8, 4) is 0 Å². The van der Waals surface area contributed by atoms with E-state index in [9.17, 15) is 4.39 Å². The third-order valence-electron chi connectivity index (χ3n) is 6.78. The second-order valence-electron chi connectivity index (χ2n) is 9.02. The molecule has 1 unspecified atom stereocenters. The maximum absolute atomic E-state index is 14.1. The van der Waals surface area contributed by atoms with Crippen molar-refractivity contribution in [2.24, 2.45) is 5.92 Å². The Morgan fingerprint density at radius 2 is 1.66 bits per heavy atom. The molecule has 1 heterocycles. The number of hydrogen-bond donors (Lipinski definition) is 1. The predicted molar refractivity (Wildman–Crippen MR) is 133 cm³/mol. The third kappa shape index (κ3) is 5.28. The molecule has 0 saturated carbocycles. The van der Waals surface area contributed by atoms with Gasteiger partial charge in [0.15, 0.2) is 0 Å². The predicted octanol–water partition coefficient (Wildman–Crippen LogP) is 6.91. The van der Waals surface area contributed by atoms with E-state index in [1.54, 1.807) is 12.1 Å². The van der Waals surface area contributed by atoms with E-state index in [-0.39, 0.29) is 5.82 Å². The summed E-state index contributed by atoms with van der Waals surface area (Å²) >= 11 is 0. The summed E-state index contributed by atoms with van der Waals surface area (Å²) in [4.78, 5) is 2.54. The first-order valence-electron chi connectivity index (χ1n) is 11.6. The minimum absolute atomic E-state index is 0.226. The average molecular weight is 429 g/mol. The van der Waals surface area contributed by atoms with Gasteiger partial charge in [-0.1, -0.05) is 67.2 Å². The lowest BCUT2D eigenvalue weighted by molar-refractivity contribution is 0.169. The first kappa shape index (κ1) is 22.3. The molecule has 3 aromatic carbocycles. The maximum Gasteiger partial charge on any atom is 0.131 e. The molecule has 4 rings (SSSR count). The summed E-state index contributed by atoms with van der Waals surface area (Å²) in [5, 5.41) is 3.73. The highest BCUT2D eigenvalue weighted by Crippen LogP contribution is 2.27. The minimum Gasteiger partial charge on any atom is -0.382 e. The molecule has 1 saturated heterocycles. The van der Waals surface area contributed by atoms with Crippen molar-refractivity contribution in [3.63, 3.8) is 0 Å². The van der Waals surface area contributed by atoms with Crippen LogP contribution in [0.1, 0.15) is 42.0 Å². The summed E-state index contributed by atoms with van der Waals surface area (Å²) in [6.45, 7) is 11.8. The molecule has 1 atom stereocenters. The number of aryl methyl sites for hydroxylation is 1. The summed E-state index contributed by atoms with van der Waals surface area (Å²) < 4.78 is 14.1. The number of para-hydroxylation sites is 1. The van der Waals surface area contributed by atoms with Crippen molar-refractivity contribution >= 4 is 11.3 Å². The zero-order valence-electron chi connectivity index (χ0n) is 19.2. The maximum atomic E-state index is 14.1. The fourth-order valence-corrected chi connectivity index (χ4v) is 4.64. The van der Waals surface area contributed by atoms with Crippen LogP contribution in [0, 0.1) is 18.7 Å². The molecule has 1 aliphatic heterocycles. The van der Waals surface area contributed by atoms with Crippen LogP contribution < -0.4 is 5.32 Å². The molecule has 0 aliphatic carbocycles. The van der Waals surface area contributed by atoms with Gasteiger partial charge in [0.25, 0.3) is 0 Å². The molecule has 1 aliphatic rings. The molecule has 1 fully saturated rings. The number of likely N-dealkylation sites (tertiary alicyclic amines) is 1. The van der Waals surface area contributed by atoms with E-state index < -0.39 is 0 Å². The van der Waals surface area contributed by atoms with Crippen molar-refractivity contribution in [1.29, 1.82) is 0 Å². The Morgan fingerprint density at radius 1 is 1.00 bits per heavy atom. The fourth-order valence-electron chi connectivity index (χ4n) is 4.64. The molecular formula is C29H33FN2. The summed E-state index contributed by atoms with van der Waals surface area (Å²) in [6.07, 6.45) is 2.42. The van der Waals surface area contributed by atoms with Gasteiger partial charge in [-0.2, -0.15) is 0 Å². The van der Waals surface area contributed by atoms with Gasteiger partial charge >= 0.3 is 0 Å². The molecule has 3 heteroatoms. The van der Waals surface area contributed by atoms with E-state index in [2.05, 4.69) is 79.2 Å². The van der Waals surface area contributed by atoms with E-state index in [1.165, 1.54) is 35.7 Å². The molecular weight excluding hydrogens is 395 g/mol. The number of anilines is 1. The second kappa shape index (κ2) is 10.1. The fraction of sp³-hybridized carbons (Fsp3) is 0.310. The van der Waals surface area contributed by atoms with Crippen LogP contribution in [0.4, 0.5) is 10.1 Å². The smallest absolute Gasteiger partial charge is 0.131 e. The zero-order valence-corrected chi connectivity index (χ0v) is 19.2. The second-order valence-corrected chi connectivity index (χ2v) is 9.02.